The molecule has 7 aromatic rings. The predicted octanol–water partition coefficient (Wildman–Crippen LogP) is 10.6. The number of amides is 2. The second kappa shape index (κ2) is 14.3. The van der Waals surface area contributed by atoms with Crippen LogP contribution >= 0.6 is 0 Å². The monoisotopic (exact) mass is 728 g/mol. The fraction of sp³-hybridized carbons (Fsp3) is 0.0417. The first kappa shape index (κ1) is 34.2. The van der Waals surface area contributed by atoms with Crippen LogP contribution in [0.25, 0.3) is 90.9 Å². The van der Waals surface area contributed by atoms with E-state index in [0.717, 1.165) is 95.0 Å². The number of anilines is 1. The molecule has 0 fully saturated rings. The molecule has 0 spiro atoms. The molecule has 0 radical (unpaired) electrons. The highest BCUT2D eigenvalue weighted by Crippen LogP contribution is 2.38. The number of carbonyl (C=O) groups excluding carboxylic acids is 2. The summed E-state index contributed by atoms with van der Waals surface area (Å²) in [5, 5.41) is 5.60. The van der Waals surface area contributed by atoms with Gasteiger partial charge in [-0.1, -0.05) is 84.9 Å². The van der Waals surface area contributed by atoms with E-state index in [-0.39, 0.29) is 11.8 Å². The molecule has 56 heavy (non-hydrogen) atoms. The van der Waals surface area contributed by atoms with E-state index in [1.807, 2.05) is 84.9 Å². The third-order valence-corrected chi connectivity index (χ3v) is 10.0. The molecule has 0 aliphatic carbocycles. The molecule has 0 saturated carbocycles. The Labute approximate surface area is 323 Å². The van der Waals surface area contributed by atoms with Gasteiger partial charge in [-0.05, 0) is 95.1 Å². The minimum atomic E-state index is -0.145. The predicted molar refractivity (Wildman–Crippen MR) is 228 cm³/mol. The number of fused-ring (bicyclic) bond motifs is 8. The molecule has 2 aliphatic heterocycles. The van der Waals surface area contributed by atoms with Crippen molar-refractivity contribution in [2.75, 3.05) is 12.4 Å². The van der Waals surface area contributed by atoms with Gasteiger partial charge in [0.25, 0.3) is 5.91 Å². The van der Waals surface area contributed by atoms with Crippen molar-refractivity contribution in [3.63, 3.8) is 0 Å². The van der Waals surface area contributed by atoms with Crippen molar-refractivity contribution in [1.82, 2.24) is 25.3 Å². The first-order valence-electron chi connectivity index (χ1n) is 18.4. The number of aromatic nitrogens is 4. The molecule has 8 bridgehead atoms. The zero-order valence-electron chi connectivity index (χ0n) is 30.7. The highest BCUT2D eigenvalue weighted by atomic mass is 16.2. The van der Waals surface area contributed by atoms with Gasteiger partial charge in [-0.25, -0.2) is 9.97 Å². The lowest BCUT2D eigenvalue weighted by Gasteiger charge is -2.08. The maximum absolute atomic E-state index is 12.5. The number of hydrogen-bond acceptors (Lipinski definition) is 4. The Morgan fingerprint density at radius 3 is 1.18 bits per heavy atom. The maximum atomic E-state index is 12.5. The van der Waals surface area contributed by atoms with Crippen molar-refractivity contribution in [3.05, 3.63) is 162 Å². The van der Waals surface area contributed by atoms with Crippen molar-refractivity contribution >= 4 is 63.9 Å². The molecule has 0 unspecified atom stereocenters. The Balaban J connectivity index is 1.41. The van der Waals surface area contributed by atoms with Crippen LogP contribution in [0.1, 0.15) is 40.1 Å². The van der Waals surface area contributed by atoms with Crippen LogP contribution in [0.4, 0.5) is 5.69 Å². The largest absolute Gasteiger partial charge is 0.355 e. The van der Waals surface area contributed by atoms with Gasteiger partial charge >= 0.3 is 0 Å². The normalized spacial score (nSPS) is 11.8. The number of rotatable bonds is 6. The van der Waals surface area contributed by atoms with Crippen molar-refractivity contribution in [2.45, 2.75) is 6.92 Å². The Morgan fingerprint density at radius 1 is 0.464 bits per heavy atom. The van der Waals surface area contributed by atoms with Crippen LogP contribution in [0, 0.1) is 0 Å². The smallest absolute Gasteiger partial charge is 0.251 e. The van der Waals surface area contributed by atoms with Crippen LogP contribution in [-0.2, 0) is 4.79 Å². The Hall–Kier alpha value is -7.58. The van der Waals surface area contributed by atoms with Crippen LogP contribution in [0.15, 0.2) is 133 Å². The fourth-order valence-electron chi connectivity index (χ4n) is 7.49. The summed E-state index contributed by atoms with van der Waals surface area (Å²) in [4.78, 5) is 42.5. The summed E-state index contributed by atoms with van der Waals surface area (Å²) in [6, 6.07) is 44.4. The van der Waals surface area contributed by atoms with Crippen molar-refractivity contribution in [3.8, 4) is 44.5 Å². The lowest BCUT2D eigenvalue weighted by atomic mass is 10.0. The van der Waals surface area contributed by atoms with Crippen LogP contribution in [0.3, 0.4) is 0 Å². The zero-order chi connectivity index (χ0) is 38.2. The lowest BCUT2D eigenvalue weighted by molar-refractivity contribution is -0.114. The summed E-state index contributed by atoms with van der Waals surface area (Å²) >= 11 is 0. The molecule has 0 saturated heterocycles. The lowest BCUT2D eigenvalue weighted by Crippen LogP contribution is -2.17. The van der Waals surface area contributed by atoms with E-state index >= 15 is 0 Å². The van der Waals surface area contributed by atoms with Gasteiger partial charge in [0.05, 0.1) is 22.8 Å². The molecule has 4 aromatic carbocycles. The van der Waals surface area contributed by atoms with Crippen molar-refractivity contribution in [2.24, 2.45) is 0 Å². The molecule has 8 heteroatoms. The molecule has 3 aromatic heterocycles. The second-order valence-corrected chi connectivity index (χ2v) is 13.6. The number of aromatic amines is 2. The number of nitrogens with zero attached hydrogens (tertiary/aromatic N) is 2. The molecule has 9 rings (SSSR count). The Bertz CT molecular complexity index is 2850. The average Bonchev–Trinajstić information content (AvgIpc) is 4.07. The molecule has 5 heterocycles. The molecule has 8 nitrogen and oxygen atoms in total. The van der Waals surface area contributed by atoms with E-state index in [1.54, 1.807) is 7.05 Å². The number of H-pyrrole nitrogens is 2. The molecule has 4 N–H and O–H groups in total. The zero-order valence-corrected chi connectivity index (χ0v) is 30.7. The van der Waals surface area contributed by atoms with E-state index in [9.17, 15) is 9.59 Å². The highest BCUT2D eigenvalue weighted by molar-refractivity contribution is 6.01. The first-order valence-corrected chi connectivity index (χ1v) is 18.4. The van der Waals surface area contributed by atoms with Crippen LogP contribution in [0.5, 0.6) is 0 Å². The Kier molecular flexibility index (Phi) is 8.76. The average molecular weight is 729 g/mol. The molecular weight excluding hydrogens is 693 g/mol. The van der Waals surface area contributed by atoms with Gasteiger partial charge in [0.1, 0.15) is 0 Å². The summed E-state index contributed by atoms with van der Waals surface area (Å²) in [5.41, 5.74) is 15.7. The summed E-state index contributed by atoms with van der Waals surface area (Å²) in [6.07, 6.45) is 8.26. The van der Waals surface area contributed by atoms with E-state index < -0.39 is 0 Å². The maximum Gasteiger partial charge on any atom is 0.251 e. The fourth-order valence-corrected chi connectivity index (χ4v) is 7.49. The topological polar surface area (TPSA) is 116 Å². The van der Waals surface area contributed by atoms with Crippen molar-refractivity contribution in [1.29, 1.82) is 0 Å². The number of hydrogen-bond donors (Lipinski definition) is 4. The molecule has 2 aliphatic rings. The third-order valence-electron chi connectivity index (χ3n) is 10.0. The summed E-state index contributed by atoms with van der Waals surface area (Å²) in [6.45, 7) is 1.50. The van der Waals surface area contributed by atoms with Gasteiger partial charge in [0, 0.05) is 69.5 Å². The van der Waals surface area contributed by atoms with Gasteiger partial charge in [0.2, 0.25) is 5.91 Å². The van der Waals surface area contributed by atoms with Crippen molar-refractivity contribution < 1.29 is 9.59 Å². The number of nitrogens with one attached hydrogen (secondary N) is 4. The van der Waals surface area contributed by atoms with Crippen LogP contribution in [0.2, 0.25) is 0 Å². The minimum absolute atomic E-state index is 0.125. The van der Waals surface area contributed by atoms with E-state index in [4.69, 9.17) is 9.97 Å². The first-order chi connectivity index (χ1) is 27.4. The van der Waals surface area contributed by atoms with Gasteiger partial charge in [-0.3, -0.25) is 9.59 Å². The number of benzene rings is 4. The quantitative estimate of drug-likeness (QED) is 0.136. The SMILES string of the molecule is CNC(=O)c1ccc(-c2c3nc(c(-c4ccccc4)c4ccc([nH]4)c(-c4ccc(NC(C)=O)cc4)c4nc(c(-c5ccccc5)c5ccc2[nH]5)C=C4)C=C3)cc1. The second-order valence-electron chi connectivity index (χ2n) is 13.6. The van der Waals surface area contributed by atoms with E-state index in [0.29, 0.717) is 5.56 Å². The highest BCUT2D eigenvalue weighted by Gasteiger charge is 2.19. The molecule has 2 amide bonds. The minimum Gasteiger partial charge on any atom is -0.355 e. The molecule has 270 valence electrons. The summed E-state index contributed by atoms with van der Waals surface area (Å²) in [5.74, 6) is -0.270. The van der Waals surface area contributed by atoms with Crippen LogP contribution in [-0.4, -0.2) is 38.8 Å². The van der Waals surface area contributed by atoms with E-state index in [2.05, 4.69) is 93.4 Å². The third kappa shape index (κ3) is 6.39. The van der Waals surface area contributed by atoms with Gasteiger partial charge in [0.15, 0.2) is 0 Å². The number of carbonyl (C=O) groups is 2. The summed E-state index contributed by atoms with van der Waals surface area (Å²) in [7, 11) is 1.63. The Morgan fingerprint density at radius 2 is 0.821 bits per heavy atom. The van der Waals surface area contributed by atoms with Crippen LogP contribution < -0.4 is 10.6 Å². The van der Waals surface area contributed by atoms with E-state index in [1.165, 1.54) is 6.92 Å². The van der Waals surface area contributed by atoms with Gasteiger partial charge < -0.3 is 20.6 Å². The van der Waals surface area contributed by atoms with Gasteiger partial charge in [-0.2, -0.15) is 0 Å². The standard InChI is InChI=1S/C48H36N6O2/c1-29(55)50-35-19-17-33(18-20-35)47-42-27-23-38(53-42)44(30-9-5-3-6-10-30)36-21-25-40(51-36)46(32-13-15-34(16-14-32)48(56)49-2)41-26-22-37(52-41)45(31-11-7-4-8-12-31)39-24-28-43(47)54-39/h3-28,51,54H,1-2H3,(H,49,56)(H,50,55). The molecular formula is C48H36N6O2. The van der Waals surface area contributed by atoms with Gasteiger partial charge in [-0.15, -0.1) is 0 Å². The summed E-state index contributed by atoms with van der Waals surface area (Å²) < 4.78 is 0. The molecule has 0 atom stereocenters.